The van der Waals surface area contributed by atoms with Crippen molar-refractivity contribution < 1.29 is 22.0 Å². The molecule has 2 fully saturated rings. The van der Waals surface area contributed by atoms with E-state index in [-0.39, 0.29) is 37.6 Å². The van der Waals surface area contributed by atoms with Gasteiger partial charge in [0.05, 0.1) is 6.54 Å². The number of amides is 1. The van der Waals surface area contributed by atoms with Gasteiger partial charge in [0.1, 0.15) is 16.5 Å². The van der Waals surface area contributed by atoms with Crippen molar-refractivity contribution in [2.75, 3.05) is 32.7 Å². The summed E-state index contributed by atoms with van der Waals surface area (Å²) < 4.78 is 53.5. The van der Waals surface area contributed by atoms with Crippen LogP contribution in [-0.2, 0) is 14.8 Å². The fourth-order valence-electron chi connectivity index (χ4n) is 4.14. The zero-order chi connectivity index (χ0) is 20.5. The predicted molar refractivity (Wildman–Crippen MR) is 101 cm³/mol. The zero-order valence-electron chi connectivity index (χ0n) is 16.3. The molecule has 6 nitrogen and oxygen atoms in total. The molecule has 1 aromatic rings. The van der Waals surface area contributed by atoms with Crippen molar-refractivity contribution in [1.29, 1.82) is 0 Å². The van der Waals surface area contributed by atoms with Crippen molar-refractivity contribution in [3.05, 3.63) is 29.8 Å². The van der Waals surface area contributed by atoms with Crippen LogP contribution in [0.3, 0.4) is 0 Å². The lowest BCUT2D eigenvalue weighted by molar-refractivity contribution is -0.138. The van der Waals surface area contributed by atoms with Gasteiger partial charge in [-0.2, -0.15) is 4.31 Å². The molecule has 0 aromatic heterocycles. The second kappa shape index (κ2) is 8.42. The first-order valence-corrected chi connectivity index (χ1v) is 11.1. The molecule has 2 saturated heterocycles. The van der Waals surface area contributed by atoms with E-state index in [2.05, 4.69) is 13.8 Å². The average molecular weight is 416 g/mol. The molecule has 156 valence electrons. The van der Waals surface area contributed by atoms with Crippen LogP contribution in [0.25, 0.3) is 0 Å². The summed E-state index contributed by atoms with van der Waals surface area (Å²) in [6.07, 6.45) is 3.14. The highest BCUT2D eigenvalue weighted by Crippen LogP contribution is 2.24. The third-order valence-corrected chi connectivity index (χ3v) is 7.62. The first-order valence-electron chi connectivity index (χ1n) is 9.69. The quantitative estimate of drug-likeness (QED) is 0.755. The monoisotopic (exact) mass is 415 g/mol. The second-order valence-corrected chi connectivity index (χ2v) is 9.59. The summed E-state index contributed by atoms with van der Waals surface area (Å²) in [5.41, 5.74) is 0. The Labute approximate surface area is 165 Å². The normalized spacial score (nSPS) is 25.1. The number of piperazine rings is 1. The van der Waals surface area contributed by atoms with Crippen molar-refractivity contribution >= 4 is 15.9 Å². The molecule has 0 aliphatic carbocycles. The number of hydrogen-bond acceptors (Lipinski definition) is 4. The molecule has 0 N–H and O–H groups in total. The van der Waals surface area contributed by atoms with Gasteiger partial charge in [-0.3, -0.25) is 9.69 Å². The molecule has 1 aromatic carbocycles. The molecular formula is C19H27F2N3O3S. The van der Waals surface area contributed by atoms with Crippen LogP contribution >= 0.6 is 0 Å². The Morgan fingerprint density at radius 2 is 1.68 bits per heavy atom. The Morgan fingerprint density at radius 1 is 1.07 bits per heavy atom. The summed E-state index contributed by atoms with van der Waals surface area (Å²) in [7, 11) is -4.03. The molecule has 3 rings (SSSR count). The highest BCUT2D eigenvalue weighted by atomic mass is 32.2. The predicted octanol–water partition coefficient (Wildman–Crippen LogP) is 2.06. The van der Waals surface area contributed by atoms with E-state index in [0.29, 0.717) is 19.2 Å². The van der Waals surface area contributed by atoms with Crippen LogP contribution in [0.4, 0.5) is 8.78 Å². The topological polar surface area (TPSA) is 60.9 Å². The highest BCUT2D eigenvalue weighted by Gasteiger charge is 2.33. The van der Waals surface area contributed by atoms with Crippen molar-refractivity contribution in [3.8, 4) is 0 Å². The van der Waals surface area contributed by atoms with Gasteiger partial charge in [-0.1, -0.05) is 0 Å². The summed E-state index contributed by atoms with van der Waals surface area (Å²) in [5.74, 6) is -1.84. The number of piperidine rings is 1. The van der Waals surface area contributed by atoms with Crippen molar-refractivity contribution in [2.24, 2.45) is 0 Å². The smallest absolute Gasteiger partial charge is 0.246 e. The Bertz CT molecular complexity index is 816. The lowest BCUT2D eigenvalue weighted by Gasteiger charge is -2.41. The molecule has 28 heavy (non-hydrogen) atoms. The molecular weight excluding hydrogens is 388 g/mol. The third-order valence-electron chi connectivity index (χ3n) is 5.68. The minimum Gasteiger partial charge on any atom is -0.336 e. The summed E-state index contributed by atoms with van der Waals surface area (Å²) in [6, 6.07) is 2.91. The molecule has 0 unspecified atom stereocenters. The standard InChI is InChI=1S/C19H27F2N3O3S/c1-14-4-3-5-15(2)24(14)19(25)13-22-8-10-23(11-9-22)28(26,27)18-7-6-16(20)12-17(18)21/h6-7,12,14-15H,3-5,8-11,13H2,1-2H3/t14-,15-/m0/s1. The Morgan fingerprint density at radius 3 is 2.25 bits per heavy atom. The van der Waals surface area contributed by atoms with Gasteiger partial charge < -0.3 is 4.90 Å². The maximum absolute atomic E-state index is 13.9. The van der Waals surface area contributed by atoms with Gasteiger partial charge in [0, 0.05) is 44.3 Å². The number of benzene rings is 1. The van der Waals surface area contributed by atoms with Crippen LogP contribution in [0.5, 0.6) is 0 Å². The summed E-state index contributed by atoms with van der Waals surface area (Å²) in [5, 5.41) is 0. The number of hydrogen-bond donors (Lipinski definition) is 0. The molecule has 1 amide bonds. The van der Waals surface area contributed by atoms with Gasteiger partial charge in [0.15, 0.2) is 0 Å². The van der Waals surface area contributed by atoms with E-state index in [9.17, 15) is 22.0 Å². The van der Waals surface area contributed by atoms with Crippen LogP contribution in [-0.4, -0.2) is 73.2 Å². The number of carbonyl (C=O) groups excluding carboxylic acids is 1. The van der Waals surface area contributed by atoms with E-state index in [1.807, 2.05) is 9.80 Å². The molecule has 2 aliphatic rings. The van der Waals surface area contributed by atoms with Crippen LogP contribution in [0.2, 0.25) is 0 Å². The lowest BCUT2D eigenvalue weighted by Crippen LogP contribution is -2.54. The molecule has 0 bridgehead atoms. The summed E-state index contributed by atoms with van der Waals surface area (Å²) >= 11 is 0. The lowest BCUT2D eigenvalue weighted by atomic mass is 9.97. The van der Waals surface area contributed by atoms with E-state index < -0.39 is 26.6 Å². The minimum atomic E-state index is -4.03. The van der Waals surface area contributed by atoms with Gasteiger partial charge in [-0.15, -0.1) is 0 Å². The van der Waals surface area contributed by atoms with Crippen LogP contribution in [0.15, 0.2) is 23.1 Å². The Hall–Kier alpha value is -1.58. The number of nitrogens with zero attached hydrogens (tertiary/aromatic N) is 3. The number of sulfonamides is 1. The fraction of sp³-hybridized carbons (Fsp3) is 0.632. The van der Waals surface area contributed by atoms with Crippen LogP contribution in [0, 0.1) is 11.6 Å². The number of rotatable bonds is 4. The van der Waals surface area contributed by atoms with E-state index in [1.54, 1.807) is 0 Å². The Kier molecular flexibility index (Phi) is 6.36. The summed E-state index contributed by atoms with van der Waals surface area (Å²) in [6.45, 7) is 5.50. The van der Waals surface area contributed by atoms with Crippen molar-refractivity contribution in [1.82, 2.24) is 14.1 Å². The molecule has 9 heteroatoms. The maximum Gasteiger partial charge on any atom is 0.246 e. The third kappa shape index (κ3) is 4.36. The Balaban J connectivity index is 1.60. The molecule has 0 saturated carbocycles. The molecule has 2 atom stereocenters. The van der Waals surface area contributed by atoms with E-state index >= 15 is 0 Å². The van der Waals surface area contributed by atoms with Gasteiger partial charge in [0.25, 0.3) is 0 Å². The van der Waals surface area contributed by atoms with Gasteiger partial charge in [-0.25, -0.2) is 17.2 Å². The van der Waals surface area contributed by atoms with Gasteiger partial charge in [-0.05, 0) is 45.2 Å². The SMILES string of the molecule is C[C@H]1CCC[C@H](C)N1C(=O)CN1CCN(S(=O)(=O)c2ccc(F)cc2F)CC1. The van der Waals surface area contributed by atoms with Crippen molar-refractivity contribution in [3.63, 3.8) is 0 Å². The molecule has 2 heterocycles. The minimum absolute atomic E-state index is 0.0700. The number of halogens is 2. The van der Waals surface area contributed by atoms with Crippen molar-refractivity contribution in [2.45, 2.75) is 50.1 Å². The molecule has 0 spiro atoms. The fourth-order valence-corrected chi connectivity index (χ4v) is 5.60. The van der Waals surface area contributed by atoms with Gasteiger partial charge >= 0.3 is 0 Å². The van der Waals surface area contributed by atoms with Crippen LogP contribution < -0.4 is 0 Å². The number of likely N-dealkylation sites (tertiary alicyclic amines) is 1. The number of carbonyl (C=O) groups is 1. The first-order chi connectivity index (χ1) is 13.2. The van der Waals surface area contributed by atoms with E-state index in [4.69, 9.17) is 0 Å². The summed E-state index contributed by atoms with van der Waals surface area (Å²) in [4.78, 5) is 16.1. The molecule has 2 aliphatic heterocycles. The maximum atomic E-state index is 13.9. The highest BCUT2D eigenvalue weighted by molar-refractivity contribution is 7.89. The average Bonchev–Trinajstić information content (AvgIpc) is 2.61. The van der Waals surface area contributed by atoms with E-state index in [1.165, 1.54) is 4.31 Å². The van der Waals surface area contributed by atoms with Gasteiger partial charge in [0.2, 0.25) is 15.9 Å². The second-order valence-electron chi connectivity index (χ2n) is 7.68. The van der Waals surface area contributed by atoms with E-state index in [0.717, 1.165) is 31.4 Å². The molecule has 0 radical (unpaired) electrons. The zero-order valence-corrected chi connectivity index (χ0v) is 17.1. The largest absolute Gasteiger partial charge is 0.336 e. The van der Waals surface area contributed by atoms with Crippen LogP contribution in [0.1, 0.15) is 33.1 Å². The first kappa shape index (κ1) is 21.1.